The van der Waals surface area contributed by atoms with Crippen LogP contribution >= 0.6 is 15.9 Å². The maximum Gasteiger partial charge on any atom is 0.226 e. The molecule has 1 aromatic heterocycles. The Morgan fingerprint density at radius 3 is 2.55 bits per heavy atom. The van der Waals surface area contributed by atoms with Crippen molar-refractivity contribution in [2.75, 3.05) is 11.1 Å². The first-order chi connectivity index (χ1) is 10.4. The normalized spacial score (nSPS) is 11.2. The number of aryl methyl sites for hydroxylation is 1. The number of carbonyl (C=O) groups excluding carboxylic acids is 1. The molecule has 22 heavy (non-hydrogen) atoms. The number of pyridine rings is 1. The molecule has 116 valence electrons. The van der Waals surface area contributed by atoms with Gasteiger partial charge >= 0.3 is 0 Å². The molecule has 0 saturated carbocycles. The first kappa shape index (κ1) is 16.6. The van der Waals surface area contributed by atoms with Crippen LogP contribution in [0.1, 0.15) is 12.0 Å². The molecular weight excluding hydrogens is 368 g/mol. The van der Waals surface area contributed by atoms with Crippen molar-refractivity contribution in [2.24, 2.45) is 0 Å². The van der Waals surface area contributed by atoms with Gasteiger partial charge in [0.1, 0.15) is 5.82 Å². The van der Waals surface area contributed by atoms with E-state index in [-0.39, 0.29) is 23.0 Å². The van der Waals surface area contributed by atoms with Crippen LogP contribution in [-0.2, 0) is 14.6 Å². The SMILES string of the molecule is Cc1ccnc(NC(=O)CCS(=O)(=O)c2ccc(Br)cc2)c1. The lowest BCUT2D eigenvalue weighted by Gasteiger charge is -2.06. The quantitative estimate of drug-likeness (QED) is 0.862. The van der Waals surface area contributed by atoms with Crippen molar-refractivity contribution in [3.63, 3.8) is 0 Å². The van der Waals surface area contributed by atoms with Gasteiger partial charge in [-0.05, 0) is 48.9 Å². The summed E-state index contributed by atoms with van der Waals surface area (Å²) in [4.78, 5) is 16.0. The molecule has 0 unspecified atom stereocenters. The third-order valence-electron chi connectivity index (χ3n) is 2.95. The Morgan fingerprint density at radius 1 is 1.23 bits per heavy atom. The second-order valence-corrected chi connectivity index (χ2v) is 7.81. The Balaban J connectivity index is 1.97. The Morgan fingerprint density at radius 2 is 1.91 bits per heavy atom. The monoisotopic (exact) mass is 382 g/mol. The minimum absolute atomic E-state index is 0.117. The third kappa shape index (κ3) is 4.64. The molecule has 1 amide bonds. The summed E-state index contributed by atoms with van der Waals surface area (Å²) in [5.41, 5.74) is 0.966. The van der Waals surface area contributed by atoms with Crippen LogP contribution < -0.4 is 5.32 Å². The summed E-state index contributed by atoms with van der Waals surface area (Å²) in [6.07, 6.45) is 1.47. The Kier molecular flexibility index (Phi) is 5.31. The average Bonchev–Trinajstić information content (AvgIpc) is 2.46. The summed E-state index contributed by atoms with van der Waals surface area (Å²) in [6.45, 7) is 1.88. The average molecular weight is 383 g/mol. The molecule has 0 aliphatic rings. The lowest BCUT2D eigenvalue weighted by Crippen LogP contribution is -2.18. The summed E-state index contributed by atoms with van der Waals surface area (Å²) in [5, 5.41) is 2.59. The zero-order valence-corrected chi connectivity index (χ0v) is 14.3. The first-order valence-electron chi connectivity index (χ1n) is 6.58. The fraction of sp³-hybridized carbons (Fsp3) is 0.200. The number of aromatic nitrogens is 1. The number of nitrogens with zero attached hydrogens (tertiary/aromatic N) is 1. The zero-order chi connectivity index (χ0) is 16.2. The summed E-state index contributed by atoms with van der Waals surface area (Å²) in [6, 6.07) is 9.88. The highest BCUT2D eigenvalue weighted by molar-refractivity contribution is 9.10. The summed E-state index contributed by atoms with van der Waals surface area (Å²) >= 11 is 3.25. The van der Waals surface area contributed by atoms with Crippen molar-refractivity contribution in [2.45, 2.75) is 18.2 Å². The predicted molar refractivity (Wildman–Crippen MR) is 88.4 cm³/mol. The van der Waals surface area contributed by atoms with Gasteiger partial charge in [0.25, 0.3) is 0 Å². The highest BCUT2D eigenvalue weighted by atomic mass is 79.9. The molecule has 0 aliphatic carbocycles. The molecule has 0 radical (unpaired) electrons. The van der Waals surface area contributed by atoms with Crippen molar-refractivity contribution < 1.29 is 13.2 Å². The molecule has 2 aromatic rings. The molecule has 1 aromatic carbocycles. The number of halogens is 1. The summed E-state index contributed by atoms with van der Waals surface area (Å²) in [7, 11) is -3.47. The fourth-order valence-corrected chi connectivity index (χ4v) is 3.30. The molecule has 1 N–H and O–H groups in total. The van der Waals surface area contributed by atoms with Gasteiger partial charge in [-0.25, -0.2) is 13.4 Å². The molecule has 0 bridgehead atoms. The molecule has 7 heteroatoms. The van der Waals surface area contributed by atoms with Crippen LogP contribution in [0.5, 0.6) is 0 Å². The molecular formula is C15H15BrN2O3S. The molecule has 5 nitrogen and oxygen atoms in total. The lowest BCUT2D eigenvalue weighted by molar-refractivity contribution is -0.115. The van der Waals surface area contributed by atoms with Crippen LogP contribution in [-0.4, -0.2) is 25.1 Å². The molecule has 0 fully saturated rings. The molecule has 2 rings (SSSR count). The van der Waals surface area contributed by atoms with E-state index in [1.807, 2.05) is 13.0 Å². The van der Waals surface area contributed by atoms with E-state index in [0.29, 0.717) is 5.82 Å². The van der Waals surface area contributed by atoms with E-state index in [4.69, 9.17) is 0 Å². The molecule has 1 heterocycles. The van der Waals surface area contributed by atoms with Gasteiger partial charge in [-0.15, -0.1) is 0 Å². The van der Waals surface area contributed by atoms with E-state index in [2.05, 4.69) is 26.2 Å². The number of hydrogen-bond acceptors (Lipinski definition) is 4. The highest BCUT2D eigenvalue weighted by Gasteiger charge is 2.16. The molecule has 0 saturated heterocycles. The van der Waals surface area contributed by atoms with Crippen LogP contribution in [0.15, 0.2) is 52.0 Å². The number of benzene rings is 1. The van der Waals surface area contributed by atoms with E-state index in [0.717, 1.165) is 10.0 Å². The van der Waals surface area contributed by atoms with Gasteiger partial charge in [-0.1, -0.05) is 15.9 Å². The minimum atomic E-state index is -3.47. The van der Waals surface area contributed by atoms with Gasteiger partial charge in [-0.3, -0.25) is 4.79 Å². The van der Waals surface area contributed by atoms with E-state index < -0.39 is 9.84 Å². The predicted octanol–water partition coefficient (Wildman–Crippen LogP) is 2.96. The highest BCUT2D eigenvalue weighted by Crippen LogP contribution is 2.16. The molecule has 0 atom stereocenters. The number of anilines is 1. The van der Waals surface area contributed by atoms with Crippen molar-refractivity contribution in [1.82, 2.24) is 4.98 Å². The second-order valence-electron chi connectivity index (χ2n) is 4.79. The van der Waals surface area contributed by atoms with E-state index in [1.54, 1.807) is 24.4 Å². The lowest BCUT2D eigenvalue weighted by atomic mass is 10.3. The van der Waals surface area contributed by atoms with Gasteiger partial charge in [-0.2, -0.15) is 0 Å². The second kappa shape index (κ2) is 7.02. The number of sulfone groups is 1. The number of carbonyl (C=O) groups is 1. The number of amides is 1. The van der Waals surface area contributed by atoms with Gasteiger partial charge < -0.3 is 5.32 Å². The van der Waals surface area contributed by atoms with E-state index in [9.17, 15) is 13.2 Å². The van der Waals surface area contributed by atoms with E-state index in [1.165, 1.54) is 12.1 Å². The van der Waals surface area contributed by atoms with Crippen molar-refractivity contribution in [3.05, 3.63) is 52.6 Å². The molecule has 0 spiro atoms. The smallest absolute Gasteiger partial charge is 0.226 e. The Labute approximate surface area is 137 Å². The van der Waals surface area contributed by atoms with Crippen LogP contribution in [0, 0.1) is 6.92 Å². The Bertz CT molecular complexity index is 774. The van der Waals surface area contributed by atoms with Crippen molar-refractivity contribution >= 4 is 37.5 Å². The van der Waals surface area contributed by atoms with Gasteiger partial charge in [0.15, 0.2) is 9.84 Å². The zero-order valence-electron chi connectivity index (χ0n) is 11.9. The Hall–Kier alpha value is -1.73. The topological polar surface area (TPSA) is 76.1 Å². The van der Waals surface area contributed by atoms with Crippen LogP contribution in [0.4, 0.5) is 5.82 Å². The largest absolute Gasteiger partial charge is 0.311 e. The van der Waals surface area contributed by atoms with Crippen LogP contribution in [0.2, 0.25) is 0 Å². The van der Waals surface area contributed by atoms with Crippen LogP contribution in [0.25, 0.3) is 0 Å². The van der Waals surface area contributed by atoms with Crippen molar-refractivity contribution in [1.29, 1.82) is 0 Å². The maximum absolute atomic E-state index is 12.1. The number of hydrogen-bond donors (Lipinski definition) is 1. The van der Waals surface area contributed by atoms with Crippen molar-refractivity contribution in [3.8, 4) is 0 Å². The van der Waals surface area contributed by atoms with Gasteiger partial charge in [0, 0.05) is 17.1 Å². The van der Waals surface area contributed by atoms with Gasteiger partial charge in [0.2, 0.25) is 5.91 Å². The van der Waals surface area contributed by atoms with Crippen LogP contribution in [0.3, 0.4) is 0 Å². The maximum atomic E-state index is 12.1. The fourth-order valence-electron chi connectivity index (χ4n) is 1.80. The van der Waals surface area contributed by atoms with E-state index >= 15 is 0 Å². The standard InChI is InChI=1S/C15H15BrN2O3S/c1-11-6-8-17-14(10-11)18-15(19)7-9-22(20,21)13-4-2-12(16)3-5-13/h2-6,8,10H,7,9H2,1H3,(H,17,18,19). The first-order valence-corrected chi connectivity index (χ1v) is 9.02. The van der Waals surface area contributed by atoms with Gasteiger partial charge in [0.05, 0.1) is 10.6 Å². The molecule has 0 aliphatic heterocycles. The summed E-state index contributed by atoms with van der Waals surface area (Å²) < 4.78 is 25.1. The minimum Gasteiger partial charge on any atom is -0.311 e. The third-order valence-corrected chi connectivity index (χ3v) is 5.21. The number of rotatable bonds is 5. The summed E-state index contributed by atoms with van der Waals surface area (Å²) in [5.74, 6) is -0.198. The number of nitrogens with one attached hydrogen (secondary N) is 1.